The molecule has 2 aromatic rings. The minimum absolute atomic E-state index is 0.215. The first-order chi connectivity index (χ1) is 8.68. The standard InChI is InChI=1S/C11H15N5O2/c12-10-8-11(14-4-13-10)16(5-15-8)6-2-1-3-7(17)9(6)18/h4-7,9,17-18H,1-3H2,(H2,12,13,14)/t6-,7-,9+/m1/s1. The first kappa shape index (κ1) is 11.4. The van der Waals surface area contributed by atoms with Gasteiger partial charge in [-0.05, 0) is 19.3 Å². The second-order valence-electron chi connectivity index (χ2n) is 4.64. The molecule has 4 N–H and O–H groups in total. The third-order valence-electron chi connectivity index (χ3n) is 3.53. The number of aromatic nitrogens is 4. The van der Waals surface area contributed by atoms with Gasteiger partial charge >= 0.3 is 0 Å². The van der Waals surface area contributed by atoms with E-state index in [-0.39, 0.29) is 6.04 Å². The number of nitrogen functional groups attached to an aromatic ring is 1. The first-order valence-electron chi connectivity index (χ1n) is 5.97. The van der Waals surface area contributed by atoms with Gasteiger partial charge in [0, 0.05) is 0 Å². The van der Waals surface area contributed by atoms with Crippen molar-refractivity contribution in [3.63, 3.8) is 0 Å². The Morgan fingerprint density at radius 1 is 1.22 bits per heavy atom. The van der Waals surface area contributed by atoms with E-state index in [2.05, 4.69) is 15.0 Å². The van der Waals surface area contributed by atoms with Crippen LogP contribution in [0.5, 0.6) is 0 Å². The monoisotopic (exact) mass is 249 g/mol. The molecule has 0 aliphatic heterocycles. The van der Waals surface area contributed by atoms with Crippen LogP contribution >= 0.6 is 0 Å². The molecule has 1 aliphatic carbocycles. The molecule has 0 radical (unpaired) electrons. The first-order valence-corrected chi connectivity index (χ1v) is 5.97. The van der Waals surface area contributed by atoms with Gasteiger partial charge < -0.3 is 20.5 Å². The molecule has 0 aromatic carbocycles. The van der Waals surface area contributed by atoms with Crippen LogP contribution in [0.2, 0.25) is 0 Å². The highest BCUT2D eigenvalue weighted by Crippen LogP contribution is 2.31. The Bertz CT molecular complexity index is 570. The number of aliphatic hydroxyl groups excluding tert-OH is 2. The predicted octanol–water partition coefficient (Wildman–Crippen LogP) is -0.145. The molecule has 7 heteroatoms. The Balaban J connectivity index is 2.06. The number of anilines is 1. The molecular formula is C11H15N5O2. The molecule has 2 heterocycles. The Morgan fingerprint density at radius 3 is 2.89 bits per heavy atom. The smallest absolute Gasteiger partial charge is 0.165 e. The number of rotatable bonds is 1. The molecule has 0 amide bonds. The zero-order chi connectivity index (χ0) is 12.7. The van der Waals surface area contributed by atoms with E-state index in [1.165, 1.54) is 6.33 Å². The maximum Gasteiger partial charge on any atom is 0.165 e. The van der Waals surface area contributed by atoms with E-state index in [0.717, 1.165) is 12.8 Å². The third kappa shape index (κ3) is 1.63. The second kappa shape index (κ2) is 4.18. The molecule has 0 bridgehead atoms. The topological polar surface area (TPSA) is 110 Å². The summed E-state index contributed by atoms with van der Waals surface area (Å²) in [7, 11) is 0. The molecule has 96 valence electrons. The summed E-state index contributed by atoms with van der Waals surface area (Å²) in [4.78, 5) is 12.2. The lowest BCUT2D eigenvalue weighted by Gasteiger charge is -2.32. The van der Waals surface area contributed by atoms with Gasteiger partial charge in [-0.3, -0.25) is 0 Å². The lowest BCUT2D eigenvalue weighted by Crippen LogP contribution is -2.38. The van der Waals surface area contributed by atoms with Gasteiger partial charge in [-0.2, -0.15) is 0 Å². The van der Waals surface area contributed by atoms with Gasteiger partial charge in [-0.1, -0.05) is 0 Å². The van der Waals surface area contributed by atoms with Crippen LogP contribution in [0.25, 0.3) is 11.2 Å². The zero-order valence-corrected chi connectivity index (χ0v) is 9.77. The van der Waals surface area contributed by atoms with Crippen LogP contribution in [0.4, 0.5) is 5.82 Å². The quantitative estimate of drug-likeness (QED) is 0.648. The van der Waals surface area contributed by atoms with Gasteiger partial charge in [0.05, 0.1) is 18.5 Å². The molecule has 0 saturated heterocycles. The van der Waals surface area contributed by atoms with Crippen molar-refractivity contribution < 1.29 is 10.2 Å². The van der Waals surface area contributed by atoms with E-state index in [1.807, 2.05) is 0 Å². The number of fused-ring (bicyclic) bond motifs is 1. The van der Waals surface area contributed by atoms with E-state index >= 15 is 0 Å². The van der Waals surface area contributed by atoms with Crippen molar-refractivity contribution in [3.8, 4) is 0 Å². The highest BCUT2D eigenvalue weighted by Gasteiger charge is 2.32. The SMILES string of the molecule is Nc1ncnc2c1ncn2[C@@H]1CCC[C@@H](O)[C@H]1O. The summed E-state index contributed by atoms with van der Waals surface area (Å²) in [6, 6.07) is -0.215. The van der Waals surface area contributed by atoms with Gasteiger partial charge in [0.1, 0.15) is 17.9 Å². The van der Waals surface area contributed by atoms with Crippen LogP contribution in [0.15, 0.2) is 12.7 Å². The number of nitrogens with two attached hydrogens (primary N) is 1. The van der Waals surface area contributed by atoms with Crippen molar-refractivity contribution in [2.45, 2.75) is 37.5 Å². The molecule has 0 unspecified atom stereocenters. The average molecular weight is 249 g/mol. The lowest BCUT2D eigenvalue weighted by atomic mass is 9.90. The summed E-state index contributed by atoms with van der Waals surface area (Å²) < 4.78 is 1.78. The molecule has 7 nitrogen and oxygen atoms in total. The largest absolute Gasteiger partial charge is 0.390 e. The van der Waals surface area contributed by atoms with Gasteiger partial charge in [-0.15, -0.1) is 0 Å². The van der Waals surface area contributed by atoms with E-state index in [0.29, 0.717) is 23.4 Å². The zero-order valence-electron chi connectivity index (χ0n) is 9.77. The summed E-state index contributed by atoms with van der Waals surface area (Å²) >= 11 is 0. The normalized spacial score (nSPS) is 28.7. The van der Waals surface area contributed by atoms with E-state index in [4.69, 9.17) is 5.73 Å². The van der Waals surface area contributed by atoms with Crippen molar-refractivity contribution >= 4 is 17.0 Å². The van der Waals surface area contributed by atoms with Crippen molar-refractivity contribution in [2.75, 3.05) is 5.73 Å². The third-order valence-corrected chi connectivity index (χ3v) is 3.53. The van der Waals surface area contributed by atoms with Gasteiger partial charge in [-0.25, -0.2) is 15.0 Å². The molecule has 2 aromatic heterocycles. The Labute approximate surface area is 103 Å². The number of nitrogens with zero attached hydrogens (tertiary/aromatic N) is 4. The molecule has 3 rings (SSSR count). The maximum atomic E-state index is 10.1. The van der Waals surface area contributed by atoms with E-state index < -0.39 is 12.2 Å². The summed E-state index contributed by atoms with van der Waals surface area (Å²) in [6.45, 7) is 0. The fourth-order valence-corrected chi connectivity index (χ4v) is 2.55. The van der Waals surface area contributed by atoms with Gasteiger partial charge in [0.2, 0.25) is 0 Å². The Morgan fingerprint density at radius 2 is 2.06 bits per heavy atom. The molecule has 1 saturated carbocycles. The second-order valence-corrected chi connectivity index (χ2v) is 4.64. The summed E-state index contributed by atoms with van der Waals surface area (Å²) in [5.74, 6) is 0.324. The number of imidazole rings is 1. The van der Waals surface area contributed by atoms with E-state index in [1.54, 1.807) is 10.9 Å². The highest BCUT2D eigenvalue weighted by molar-refractivity contribution is 5.81. The summed E-state index contributed by atoms with van der Waals surface area (Å²) in [5.41, 5.74) is 6.85. The van der Waals surface area contributed by atoms with Gasteiger partial charge in [0.25, 0.3) is 0 Å². The lowest BCUT2D eigenvalue weighted by molar-refractivity contribution is -0.0387. The fraction of sp³-hybridized carbons (Fsp3) is 0.545. The summed E-state index contributed by atoms with van der Waals surface area (Å²) in [5, 5.41) is 19.8. The molecule has 1 aliphatic rings. The van der Waals surface area contributed by atoms with E-state index in [9.17, 15) is 10.2 Å². The van der Waals surface area contributed by atoms with Crippen LogP contribution < -0.4 is 5.73 Å². The molecular weight excluding hydrogens is 234 g/mol. The van der Waals surface area contributed by atoms with Crippen molar-refractivity contribution in [3.05, 3.63) is 12.7 Å². The number of aliphatic hydroxyl groups is 2. The molecule has 0 spiro atoms. The van der Waals surface area contributed by atoms with Crippen LogP contribution in [0.3, 0.4) is 0 Å². The summed E-state index contributed by atoms with van der Waals surface area (Å²) in [6.07, 6.45) is 3.76. The fourth-order valence-electron chi connectivity index (χ4n) is 2.55. The van der Waals surface area contributed by atoms with Crippen molar-refractivity contribution in [1.29, 1.82) is 0 Å². The van der Waals surface area contributed by atoms with Gasteiger partial charge in [0.15, 0.2) is 11.5 Å². The number of hydrogen-bond acceptors (Lipinski definition) is 6. The maximum absolute atomic E-state index is 10.1. The molecule has 18 heavy (non-hydrogen) atoms. The minimum atomic E-state index is -0.799. The van der Waals surface area contributed by atoms with Crippen LogP contribution in [-0.4, -0.2) is 41.9 Å². The van der Waals surface area contributed by atoms with Crippen molar-refractivity contribution in [1.82, 2.24) is 19.5 Å². The average Bonchev–Trinajstić information content (AvgIpc) is 2.78. The minimum Gasteiger partial charge on any atom is -0.390 e. The molecule has 3 atom stereocenters. The Kier molecular flexibility index (Phi) is 2.64. The highest BCUT2D eigenvalue weighted by atomic mass is 16.3. The predicted molar refractivity (Wildman–Crippen MR) is 64.6 cm³/mol. The van der Waals surface area contributed by atoms with Crippen LogP contribution in [0, 0.1) is 0 Å². The van der Waals surface area contributed by atoms with Crippen LogP contribution in [0.1, 0.15) is 25.3 Å². The number of hydrogen-bond donors (Lipinski definition) is 3. The van der Waals surface area contributed by atoms with Crippen molar-refractivity contribution in [2.24, 2.45) is 0 Å². The Hall–Kier alpha value is -1.73. The molecule has 1 fully saturated rings. The van der Waals surface area contributed by atoms with Crippen LogP contribution in [-0.2, 0) is 0 Å².